The molecule has 0 aromatic heterocycles. The third-order valence-electron chi connectivity index (χ3n) is 4.93. The van der Waals surface area contributed by atoms with Gasteiger partial charge in [-0.15, -0.1) is 6.58 Å². The molecule has 1 fully saturated rings. The van der Waals surface area contributed by atoms with E-state index < -0.39 is 35.7 Å². The number of hydrogen-bond donors (Lipinski definition) is 1. The maximum atomic E-state index is 13.1. The topological polar surface area (TPSA) is 84.9 Å². The van der Waals surface area contributed by atoms with Crippen molar-refractivity contribution in [2.24, 2.45) is 0 Å². The van der Waals surface area contributed by atoms with Crippen molar-refractivity contribution in [3.8, 4) is 0 Å². The molecule has 0 spiro atoms. The maximum Gasteiger partial charge on any atom is 0.411 e. The average Bonchev–Trinajstić information content (AvgIpc) is 3.10. The summed E-state index contributed by atoms with van der Waals surface area (Å²) in [6, 6.07) is 7.65. The zero-order chi connectivity index (χ0) is 22.3. The highest BCUT2D eigenvalue weighted by Crippen LogP contribution is 2.29. The van der Waals surface area contributed by atoms with Crippen LogP contribution in [0.2, 0.25) is 0 Å². The van der Waals surface area contributed by atoms with Gasteiger partial charge in [0.2, 0.25) is 5.91 Å². The molecule has 1 aliphatic heterocycles. The molecule has 1 aliphatic rings. The van der Waals surface area contributed by atoms with E-state index in [2.05, 4.69) is 11.9 Å². The van der Waals surface area contributed by atoms with Crippen LogP contribution in [0.4, 0.5) is 4.79 Å². The first kappa shape index (κ1) is 23.4. The number of carbonyl (C=O) groups excluding carboxylic acids is 3. The van der Waals surface area contributed by atoms with Gasteiger partial charge in [0.25, 0.3) is 0 Å². The van der Waals surface area contributed by atoms with Crippen LogP contribution in [0, 0.1) is 0 Å². The Morgan fingerprint density at radius 1 is 1.23 bits per heavy atom. The fraction of sp³-hybridized carbons (Fsp3) is 0.522. The second-order valence-electron chi connectivity index (χ2n) is 8.43. The molecule has 7 heteroatoms. The van der Waals surface area contributed by atoms with Gasteiger partial charge < -0.3 is 14.8 Å². The lowest BCUT2D eigenvalue weighted by Gasteiger charge is -2.32. The lowest BCUT2D eigenvalue weighted by atomic mass is 10.1. The quantitative estimate of drug-likeness (QED) is 0.545. The van der Waals surface area contributed by atoms with Crippen molar-refractivity contribution in [2.45, 2.75) is 70.2 Å². The molecule has 0 saturated carbocycles. The lowest BCUT2D eigenvalue weighted by Crippen LogP contribution is -2.54. The third kappa shape index (κ3) is 6.34. The number of methoxy groups -OCH3 is 1. The van der Waals surface area contributed by atoms with Gasteiger partial charge in [-0.2, -0.15) is 0 Å². The van der Waals surface area contributed by atoms with Gasteiger partial charge >= 0.3 is 12.1 Å². The van der Waals surface area contributed by atoms with Crippen molar-refractivity contribution >= 4 is 18.0 Å². The third-order valence-corrected chi connectivity index (χ3v) is 4.93. The van der Waals surface area contributed by atoms with Gasteiger partial charge in [-0.25, -0.2) is 9.59 Å². The van der Waals surface area contributed by atoms with Gasteiger partial charge in [0.05, 0.1) is 7.11 Å². The highest BCUT2D eigenvalue weighted by molar-refractivity contribution is 5.90. The van der Waals surface area contributed by atoms with Crippen molar-refractivity contribution < 1.29 is 23.9 Å². The number of nitrogens with zero attached hydrogens (tertiary/aromatic N) is 1. The Bertz CT molecular complexity index is 757. The van der Waals surface area contributed by atoms with Gasteiger partial charge in [0, 0.05) is 12.5 Å². The van der Waals surface area contributed by atoms with Crippen molar-refractivity contribution in [3.63, 3.8) is 0 Å². The molecular weight excluding hydrogens is 384 g/mol. The fourth-order valence-corrected chi connectivity index (χ4v) is 3.61. The standard InChI is InChI=1S/C23H32N2O5/c1-6-10-17-13-14-19(25(17)22(28)30-23(2,3)4)20(26)24-18(21(27)29-5)15-16-11-8-7-9-12-16/h6-9,11-12,17-19H,1,10,13-15H2,2-5H3,(H,24,26)/t17?,18-,19+/m1/s1. The van der Waals surface area contributed by atoms with Gasteiger partial charge in [0.1, 0.15) is 17.7 Å². The van der Waals surface area contributed by atoms with E-state index in [0.29, 0.717) is 25.7 Å². The summed E-state index contributed by atoms with van der Waals surface area (Å²) in [5.74, 6) is -0.921. The van der Waals surface area contributed by atoms with Crippen LogP contribution in [0.3, 0.4) is 0 Å². The second kappa shape index (κ2) is 10.3. The molecule has 3 atom stereocenters. The fourth-order valence-electron chi connectivity index (χ4n) is 3.61. The number of ether oxygens (including phenoxy) is 2. The average molecular weight is 417 g/mol. The summed E-state index contributed by atoms with van der Waals surface area (Å²) in [5.41, 5.74) is 0.217. The Kier molecular flexibility index (Phi) is 8.03. The van der Waals surface area contributed by atoms with E-state index in [1.165, 1.54) is 12.0 Å². The Hall–Kier alpha value is -2.83. The molecule has 1 aromatic carbocycles. The molecule has 0 radical (unpaired) electrons. The molecule has 1 saturated heterocycles. The monoisotopic (exact) mass is 416 g/mol. The molecule has 1 unspecified atom stereocenters. The first-order valence-electron chi connectivity index (χ1n) is 10.2. The van der Waals surface area contributed by atoms with Gasteiger partial charge in [-0.05, 0) is 45.6 Å². The Morgan fingerprint density at radius 3 is 2.47 bits per heavy atom. The van der Waals surface area contributed by atoms with Crippen LogP contribution >= 0.6 is 0 Å². The summed E-state index contributed by atoms with van der Waals surface area (Å²) >= 11 is 0. The number of hydrogen-bond acceptors (Lipinski definition) is 5. The first-order chi connectivity index (χ1) is 14.2. The lowest BCUT2D eigenvalue weighted by molar-refractivity contribution is -0.145. The van der Waals surface area contributed by atoms with Gasteiger partial charge in [-0.1, -0.05) is 36.4 Å². The summed E-state index contributed by atoms with van der Waals surface area (Å²) in [6.07, 6.45) is 3.20. The summed E-state index contributed by atoms with van der Waals surface area (Å²) in [5, 5.41) is 2.78. The zero-order valence-electron chi connectivity index (χ0n) is 18.2. The van der Waals surface area contributed by atoms with E-state index >= 15 is 0 Å². The molecule has 0 aliphatic carbocycles. The molecule has 7 nitrogen and oxygen atoms in total. The molecule has 1 N–H and O–H groups in total. The number of carbonyl (C=O) groups is 3. The number of rotatable bonds is 7. The van der Waals surface area contributed by atoms with Crippen LogP contribution in [-0.2, 0) is 25.5 Å². The van der Waals surface area contributed by atoms with Crippen LogP contribution in [0.25, 0.3) is 0 Å². The summed E-state index contributed by atoms with van der Waals surface area (Å²) in [4.78, 5) is 39.7. The van der Waals surface area contributed by atoms with Crippen molar-refractivity contribution in [1.82, 2.24) is 10.2 Å². The number of likely N-dealkylation sites (tertiary alicyclic amines) is 1. The zero-order valence-corrected chi connectivity index (χ0v) is 18.2. The molecule has 0 bridgehead atoms. The molecule has 30 heavy (non-hydrogen) atoms. The van der Waals surface area contributed by atoms with Crippen LogP contribution in [0.5, 0.6) is 0 Å². The van der Waals surface area contributed by atoms with Crippen LogP contribution in [0.1, 0.15) is 45.6 Å². The van der Waals surface area contributed by atoms with E-state index in [1.54, 1.807) is 26.8 Å². The summed E-state index contributed by atoms with van der Waals surface area (Å²) in [7, 11) is 1.29. The van der Waals surface area contributed by atoms with E-state index in [0.717, 1.165) is 5.56 Å². The van der Waals surface area contributed by atoms with E-state index in [1.807, 2.05) is 30.3 Å². The minimum atomic E-state index is -0.844. The van der Waals surface area contributed by atoms with E-state index in [-0.39, 0.29) is 6.04 Å². The SMILES string of the molecule is C=CCC1CC[C@@H](C(=O)N[C@H](Cc2ccccc2)C(=O)OC)N1C(=O)OC(C)(C)C. The minimum Gasteiger partial charge on any atom is -0.467 e. The molecule has 164 valence electrons. The largest absolute Gasteiger partial charge is 0.467 e. The highest BCUT2D eigenvalue weighted by Gasteiger charge is 2.43. The number of esters is 1. The van der Waals surface area contributed by atoms with Crippen molar-refractivity contribution in [2.75, 3.05) is 7.11 Å². The van der Waals surface area contributed by atoms with Gasteiger partial charge in [0.15, 0.2) is 0 Å². The number of benzene rings is 1. The molecular formula is C23H32N2O5. The Morgan fingerprint density at radius 2 is 1.90 bits per heavy atom. The number of nitrogens with one attached hydrogen (secondary N) is 1. The highest BCUT2D eigenvalue weighted by atomic mass is 16.6. The van der Waals surface area contributed by atoms with Crippen molar-refractivity contribution in [3.05, 3.63) is 48.6 Å². The first-order valence-corrected chi connectivity index (χ1v) is 10.2. The Balaban J connectivity index is 2.18. The Labute approximate surface area is 178 Å². The minimum absolute atomic E-state index is 0.168. The molecule has 1 aromatic rings. The molecule has 1 heterocycles. The summed E-state index contributed by atoms with van der Waals surface area (Å²) < 4.78 is 10.4. The van der Waals surface area contributed by atoms with E-state index in [4.69, 9.17) is 9.47 Å². The predicted octanol–water partition coefficient (Wildman–Crippen LogP) is 3.23. The van der Waals surface area contributed by atoms with E-state index in [9.17, 15) is 14.4 Å². The van der Waals surface area contributed by atoms with Crippen LogP contribution in [0.15, 0.2) is 43.0 Å². The second-order valence-corrected chi connectivity index (χ2v) is 8.43. The smallest absolute Gasteiger partial charge is 0.411 e. The normalized spacial score (nSPS) is 19.7. The molecule has 2 rings (SSSR count). The van der Waals surface area contributed by atoms with Crippen molar-refractivity contribution in [1.29, 1.82) is 0 Å². The molecule has 2 amide bonds. The summed E-state index contributed by atoms with van der Waals surface area (Å²) in [6.45, 7) is 9.10. The van der Waals surface area contributed by atoms with Gasteiger partial charge in [-0.3, -0.25) is 9.69 Å². The van der Waals surface area contributed by atoms with Crippen LogP contribution < -0.4 is 5.32 Å². The predicted molar refractivity (Wildman–Crippen MR) is 114 cm³/mol. The maximum absolute atomic E-state index is 13.1. The van der Waals surface area contributed by atoms with Crippen LogP contribution in [-0.4, -0.2) is 53.7 Å². The number of amides is 2.